The minimum Gasteiger partial charge on any atom is -0.487 e. The van der Waals surface area contributed by atoms with Crippen LogP contribution in [0.15, 0.2) is 60.8 Å². The van der Waals surface area contributed by atoms with Gasteiger partial charge in [0.1, 0.15) is 23.3 Å². The maximum atomic E-state index is 12.8. The summed E-state index contributed by atoms with van der Waals surface area (Å²) in [5, 5.41) is 0.303. The lowest BCUT2D eigenvalue weighted by Gasteiger charge is -2.10. The van der Waals surface area contributed by atoms with E-state index in [1.165, 1.54) is 18.3 Å². The highest BCUT2D eigenvalue weighted by Gasteiger charge is 2.30. The van der Waals surface area contributed by atoms with Gasteiger partial charge in [0.25, 0.3) is 0 Å². The number of pyridine rings is 2. The number of benzene rings is 1. The van der Waals surface area contributed by atoms with Crippen LogP contribution >= 0.6 is 11.6 Å². The Morgan fingerprint density at radius 3 is 2.54 bits per heavy atom. The molecule has 0 N–H and O–H groups in total. The number of alkyl halides is 3. The minimum absolute atomic E-state index is 0.0475. The molecule has 4 nitrogen and oxygen atoms in total. The Morgan fingerprint density at radius 1 is 0.962 bits per heavy atom. The first kappa shape index (κ1) is 18.0. The average Bonchev–Trinajstić information content (AvgIpc) is 2.60. The summed E-state index contributed by atoms with van der Waals surface area (Å²) in [5.41, 5.74) is -0.244. The molecular formula is C18H12ClF3N2O2. The zero-order valence-corrected chi connectivity index (χ0v) is 14.0. The molecule has 0 aliphatic carbocycles. The molecule has 0 bridgehead atoms. The van der Waals surface area contributed by atoms with Gasteiger partial charge in [-0.3, -0.25) is 0 Å². The smallest absolute Gasteiger partial charge is 0.416 e. The summed E-state index contributed by atoms with van der Waals surface area (Å²) >= 11 is 5.78. The Kier molecular flexibility index (Phi) is 5.27. The number of ether oxygens (including phenoxy) is 2. The molecule has 0 fully saturated rings. The van der Waals surface area contributed by atoms with Crippen LogP contribution in [-0.4, -0.2) is 9.97 Å². The second-order valence-corrected chi connectivity index (χ2v) is 5.59. The van der Waals surface area contributed by atoms with Crippen LogP contribution in [0.1, 0.15) is 11.3 Å². The third-order valence-corrected chi connectivity index (χ3v) is 3.46. The highest BCUT2D eigenvalue weighted by molar-refractivity contribution is 6.29. The summed E-state index contributed by atoms with van der Waals surface area (Å²) in [7, 11) is 0. The molecule has 0 saturated heterocycles. The van der Waals surface area contributed by atoms with E-state index in [1.807, 2.05) is 0 Å². The quantitative estimate of drug-likeness (QED) is 0.547. The van der Waals surface area contributed by atoms with Crippen molar-refractivity contribution in [3.05, 3.63) is 77.2 Å². The van der Waals surface area contributed by atoms with Gasteiger partial charge in [-0.05, 0) is 30.3 Å². The van der Waals surface area contributed by atoms with Gasteiger partial charge in [0, 0.05) is 18.3 Å². The van der Waals surface area contributed by atoms with E-state index in [2.05, 4.69) is 9.97 Å². The van der Waals surface area contributed by atoms with Crippen molar-refractivity contribution in [1.82, 2.24) is 9.97 Å². The number of nitrogens with zero attached hydrogens (tertiary/aromatic N) is 2. The molecule has 134 valence electrons. The predicted molar refractivity (Wildman–Crippen MR) is 89.3 cm³/mol. The molecule has 3 aromatic rings. The van der Waals surface area contributed by atoms with Crippen molar-refractivity contribution in [1.29, 1.82) is 0 Å². The molecule has 0 aliphatic rings. The fraction of sp³-hybridized carbons (Fsp3) is 0.111. The molecule has 0 amide bonds. The lowest BCUT2D eigenvalue weighted by atomic mass is 10.2. The number of halogens is 4. The van der Waals surface area contributed by atoms with Gasteiger partial charge >= 0.3 is 6.18 Å². The van der Waals surface area contributed by atoms with E-state index in [-0.39, 0.29) is 18.2 Å². The van der Waals surface area contributed by atoms with Crippen LogP contribution in [0, 0.1) is 0 Å². The van der Waals surface area contributed by atoms with Gasteiger partial charge in [-0.2, -0.15) is 13.2 Å². The normalized spacial score (nSPS) is 11.2. The molecule has 0 aliphatic heterocycles. The Labute approximate surface area is 152 Å². The Balaban J connectivity index is 1.69. The molecule has 26 heavy (non-hydrogen) atoms. The van der Waals surface area contributed by atoms with E-state index in [9.17, 15) is 13.2 Å². The van der Waals surface area contributed by atoms with Crippen LogP contribution in [0.4, 0.5) is 13.2 Å². The van der Waals surface area contributed by atoms with E-state index < -0.39 is 11.7 Å². The van der Waals surface area contributed by atoms with Crippen molar-refractivity contribution < 1.29 is 22.6 Å². The van der Waals surface area contributed by atoms with Crippen molar-refractivity contribution in [2.45, 2.75) is 12.8 Å². The van der Waals surface area contributed by atoms with Crippen molar-refractivity contribution in [2.75, 3.05) is 0 Å². The van der Waals surface area contributed by atoms with Crippen molar-refractivity contribution >= 4 is 11.6 Å². The van der Waals surface area contributed by atoms with Gasteiger partial charge in [0.05, 0.1) is 11.3 Å². The summed E-state index contributed by atoms with van der Waals surface area (Å²) in [6, 6.07) is 12.7. The predicted octanol–water partition coefficient (Wildman–Crippen LogP) is 5.52. The zero-order chi connectivity index (χ0) is 18.6. The first-order chi connectivity index (χ1) is 12.4. The standard InChI is InChI=1S/C18H12ClF3N2O2/c19-16-10-14(7-8-23-16)25-11-13-4-2-6-17(24-13)26-15-5-1-3-12(9-15)18(20,21)22/h1-10H,11H2. The van der Waals surface area contributed by atoms with Crippen LogP contribution < -0.4 is 9.47 Å². The van der Waals surface area contributed by atoms with E-state index in [4.69, 9.17) is 21.1 Å². The summed E-state index contributed by atoms with van der Waals surface area (Å²) in [6.07, 6.45) is -2.92. The lowest BCUT2D eigenvalue weighted by molar-refractivity contribution is -0.137. The van der Waals surface area contributed by atoms with Crippen LogP contribution in [0.2, 0.25) is 5.15 Å². The highest BCUT2D eigenvalue weighted by atomic mass is 35.5. The molecular weight excluding hydrogens is 369 g/mol. The van der Waals surface area contributed by atoms with Gasteiger partial charge in [-0.15, -0.1) is 0 Å². The minimum atomic E-state index is -4.44. The molecule has 0 saturated carbocycles. The number of hydrogen-bond donors (Lipinski definition) is 0. The summed E-state index contributed by atoms with van der Waals surface area (Å²) in [5.74, 6) is 0.737. The second kappa shape index (κ2) is 7.61. The van der Waals surface area contributed by atoms with Gasteiger partial charge in [0.2, 0.25) is 5.88 Å². The number of rotatable bonds is 5. The Bertz CT molecular complexity index is 903. The molecule has 0 unspecified atom stereocenters. The van der Waals surface area contributed by atoms with Crippen LogP contribution in [0.3, 0.4) is 0 Å². The van der Waals surface area contributed by atoms with E-state index in [0.29, 0.717) is 16.6 Å². The molecule has 2 aromatic heterocycles. The number of aromatic nitrogens is 2. The monoisotopic (exact) mass is 380 g/mol. The molecule has 8 heteroatoms. The summed E-state index contributed by atoms with van der Waals surface area (Å²) in [4.78, 5) is 8.07. The Morgan fingerprint density at radius 2 is 1.77 bits per heavy atom. The van der Waals surface area contributed by atoms with Crippen molar-refractivity contribution in [2.24, 2.45) is 0 Å². The van der Waals surface area contributed by atoms with Gasteiger partial charge in [0.15, 0.2) is 0 Å². The molecule has 1 aromatic carbocycles. The molecule has 0 spiro atoms. The fourth-order valence-corrected chi connectivity index (χ4v) is 2.25. The van der Waals surface area contributed by atoms with Crippen molar-refractivity contribution in [3.8, 4) is 17.4 Å². The summed E-state index contributed by atoms with van der Waals surface area (Å²) in [6.45, 7) is 0.139. The van der Waals surface area contributed by atoms with E-state index in [1.54, 1.807) is 30.3 Å². The topological polar surface area (TPSA) is 44.2 Å². The summed E-state index contributed by atoms with van der Waals surface area (Å²) < 4.78 is 49.3. The van der Waals surface area contributed by atoms with E-state index in [0.717, 1.165) is 12.1 Å². The van der Waals surface area contributed by atoms with E-state index >= 15 is 0 Å². The first-order valence-corrected chi connectivity index (χ1v) is 7.83. The first-order valence-electron chi connectivity index (χ1n) is 7.45. The van der Waals surface area contributed by atoms with Crippen LogP contribution in [0.5, 0.6) is 17.4 Å². The largest absolute Gasteiger partial charge is 0.487 e. The maximum absolute atomic E-state index is 12.8. The lowest BCUT2D eigenvalue weighted by Crippen LogP contribution is -2.04. The maximum Gasteiger partial charge on any atom is 0.416 e. The average molecular weight is 381 g/mol. The van der Waals surface area contributed by atoms with Gasteiger partial charge < -0.3 is 9.47 Å². The molecule has 0 atom stereocenters. The van der Waals surface area contributed by atoms with Crippen LogP contribution in [-0.2, 0) is 12.8 Å². The van der Waals surface area contributed by atoms with Gasteiger partial charge in [-0.25, -0.2) is 9.97 Å². The molecule has 0 radical (unpaired) electrons. The van der Waals surface area contributed by atoms with Crippen LogP contribution in [0.25, 0.3) is 0 Å². The SMILES string of the molecule is FC(F)(F)c1cccc(Oc2cccc(COc3ccnc(Cl)c3)n2)c1. The Hall–Kier alpha value is -2.80. The third-order valence-electron chi connectivity index (χ3n) is 3.25. The second-order valence-electron chi connectivity index (χ2n) is 5.20. The number of hydrogen-bond acceptors (Lipinski definition) is 4. The zero-order valence-electron chi connectivity index (χ0n) is 13.2. The molecule has 2 heterocycles. The fourth-order valence-electron chi connectivity index (χ4n) is 2.08. The van der Waals surface area contributed by atoms with Gasteiger partial charge in [-0.1, -0.05) is 23.7 Å². The molecule has 3 rings (SSSR count). The third kappa shape index (κ3) is 4.86. The van der Waals surface area contributed by atoms with Crippen molar-refractivity contribution in [3.63, 3.8) is 0 Å². The highest BCUT2D eigenvalue weighted by Crippen LogP contribution is 2.32.